The van der Waals surface area contributed by atoms with E-state index in [0.717, 1.165) is 0 Å². The maximum atomic E-state index is 10.5. The number of para-hydroxylation sites is 1. The van der Waals surface area contributed by atoms with Crippen LogP contribution in [0.1, 0.15) is 12.5 Å². The predicted molar refractivity (Wildman–Crippen MR) is 50.2 cm³/mol. The highest BCUT2D eigenvalue weighted by Gasteiger charge is 2.19. The first kappa shape index (κ1) is 11.0. The van der Waals surface area contributed by atoms with E-state index in [4.69, 9.17) is 9.79 Å². The Balaban J connectivity index is 3.04. The maximum absolute atomic E-state index is 10.5. The van der Waals surface area contributed by atoms with Gasteiger partial charge in [-0.2, -0.15) is 0 Å². The Hall–Kier alpha value is -1.03. The normalized spacial score (nSPS) is 11.4. The summed E-state index contributed by atoms with van der Waals surface area (Å²) in [5.74, 6) is -0.420. The highest BCUT2D eigenvalue weighted by Crippen LogP contribution is 2.42. The van der Waals surface area contributed by atoms with E-state index >= 15 is 0 Å². The number of phosphoric ester groups is 1. The third-order valence-corrected chi connectivity index (χ3v) is 2.12. The molecule has 1 rings (SSSR count). The Kier molecular flexibility index (Phi) is 3.16. The van der Waals surface area contributed by atoms with E-state index in [9.17, 15) is 9.67 Å². The van der Waals surface area contributed by atoms with Crippen molar-refractivity contribution in [2.24, 2.45) is 0 Å². The molecule has 0 unspecified atom stereocenters. The fourth-order valence-corrected chi connectivity index (χ4v) is 1.46. The van der Waals surface area contributed by atoms with E-state index in [1.165, 1.54) is 6.07 Å². The van der Waals surface area contributed by atoms with Crippen molar-refractivity contribution in [3.05, 3.63) is 23.8 Å². The topological polar surface area (TPSA) is 87.0 Å². The van der Waals surface area contributed by atoms with Gasteiger partial charge in [0, 0.05) is 0 Å². The zero-order chi connectivity index (χ0) is 10.8. The predicted octanol–water partition coefficient (Wildman–Crippen LogP) is 1.43. The molecule has 1 aromatic carbocycles. The number of hydrogen-bond donors (Lipinski definition) is 3. The van der Waals surface area contributed by atoms with Gasteiger partial charge in [-0.15, -0.1) is 0 Å². The van der Waals surface area contributed by atoms with Crippen LogP contribution in [-0.2, 0) is 11.0 Å². The van der Waals surface area contributed by atoms with Crippen LogP contribution >= 0.6 is 7.82 Å². The minimum atomic E-state index is -4.60. The third kappa shape index (κ3) is 2.73. The molecule has 0 saturated carbocycles. The standard InChI is InChI=1S/C8H11O5P/c1-2-6-4-3-5-7(8(6)9)13-14(10,11)12/h3-5,9H,2H2,1H3,(H2,10,11,12). The lowest BCUT2D eigenvalue weighted by Crippen LogP contribution is -1.92. The quantitative estimate of drug-likeness (QED) is 0.668. The minimum absolute atomic E-state index is 0.197. The van der Waals surface area contributed by atoms with Crippen molar-refractivity contribution >= 4 is 7.82 Å². The summed E-state index contributed by atoms with van der Waals surface area (Å²) in [6.45, 7) is 1.82. The van der Waals surface area contributed by atoms with Crippen LogP contribution in [0.4, 0.5) is 0 Å². The first-order chi connectivity index (χ1) is 6.44. The Morgan fingerprint density at radius 3 is 2.57 bits per heavy atom. The first-order valence-corrected chi connectivity index (χ1v) is 5.53. The smallest absolute Gasteiger partial charge is 0.504 e. The fourth-order valence-electron chi connectivity index (χ4n) is 1.05. The molecular weight excluding hydrogens is 207 g/mol. The van der Waals surface area contributed by atoms with Crippen LogP contribution in [0.15, 0.2) is 18.2 Å². The SMILES string of the molecule is CCc1cccc(OP(=O)(O)O)c1O. The molecule has 14 heavy (non-hydrogen) atoms. The molecule has 0 fully saturated rings. The van der Waals surface area contributed by atoms with Crippen molar-refractivity contribution in [2.75, 3.05) is 0 Å². The fraction of sp³-hybridized carbons (Fsp3) is 0.250. The Labute approximate surface area is 81.2 Å². The van der Waals surface area contributed by atoms with Crippen molar-refractivity contribution in [3.63, 3.8) is 0 Å². The molecule has 0 spiro atoms. The average molecular weight is 218 g/mol. The molecule has 1 aromatic rings. The number of aromatic hydroxyl groups is 1. The van der Waals surface area contributed by atoms with Crippen LogP contribution in [-0.4, -0.2) is 14.9 Å². The van der Waals surface area contributed by atoms with Gasteiger partial charge in [0.05, 0.1) is 0 Å². The molecule has 0 aliphatic carbocycles. The van der Waals surface area contributed by atoms with Crippen LogP contribution in [0.3, 0.4) is 0 Å². The lowest BCUT2D eigenvalue weighted by Gasteiger charge is -2.10. The molecule has 0 saturated heterocycles. The summed E-state index contributed by atoms with van der Waals surface area (Å²) >= 11 is 0. The monoisotopic (exact) mass is 218 g/mol. The van der Waals surface area contributed by atoms with Gasteiger partial charge >= 0.3 is 7.82 Å². The van der Waals surface area contributed by atoms with Crippen molar-refractivity contribution in [1.82, 2.24) is 0 Å². The van der Waals surface area contributed by atoms with Crippen LogP contribution in [0.5, 0.6) is 11.5 Å². The highest BCUT2D eigenvalue weighted by molar-refractivity contribution is 7.46. The van der Waals surface area contributed by atoms with E-state index in [-0.39, 0.29) is 11.5 Å². The molecule has 0 atom stereocenters. The molecule has 78 valence electrons. The van der Waals surface area contributed by atoms with Gasteiger partial charge < -0.3 is 9.63 Å². The van der Waals surface area contributed by atoms with Crippen molar-refractivity contribution in [3.8, 4) is 11.5 Å². The summed E-state index contributed by atoms with van der Waals surface area (Å²) in [6, 6.07) is 4.51. The van der Waals surface area contributed by atoms with E-state index < -0.39 is 7.82 Å². The van der Waals surface area contributed by atoms with Crippen LogP contribution in [0.2, 0.25) is 0 Å². The second kappa shape index (κ2) is 4.00. The summed E-state index contributed by atoms with van der Waals surface area (Å²) in [5.41, 5.74) is 0.580. The van der Waals surface area contributed by atoms with Crippen molar-refractivity contribution < 1.29 is 24.0 Å². The first-order valence-electron chi connectivity index (χ1n) is 4.00. The van der Waals surface area contributed by atoms with E-state index in [2.05, 4.69) is 4.52 Å². The number of hydrogen-bond acceptors (Lipinski definition) is 3. The summed E-state index contributed by atoms with van der Waals surface area (Å²) < 4.78 is 14.8. The summed E-state index contributed by atoms with van der Waals surface area (Å²) in [5, 5.41) is 9.48. The van der Waals surface area contributed by atoms with Gasteiger partial charge in [-0.25, -0.2) is 4.57 Å². The number of benzene rings is 1. The highest BCUT2D eigenvalue weighted by atomic mass is 31.2. The molecule has 0 amide bonds. The Morgan fingerprint density at radius 2 is 2.07 bits per heavy atom. The zero-order valence-electron chi connectivity index (χ0n) is 7.54. The molecule has 0 aliphatic heterocycles. The summed E-state index contributed by atoms with van der Waals surface area (Å²) in [7, 11) is -4.60. The third-order valence-electron chi connectivity index (χ3n) is 1.68. The minimum Gasteiger partial charge on any atom is -0.504 e. The van der Waals surface area contributed by atoms with E-state index in [0.29, 0.717) is 12.0 Å². The average Bonchev–Trinajstić information content (AvgIpc) is 2.06. The van der Waals surface area contributed by atoms with Gasteiger partial charge in [0.1, 0.15) is 0 Å². The summed E-state index contributed by atoms with van der Waals surface area (Å²) in [4.78, 5) is 17.1. The molecule has 0 heterocycles. The molecule has 6 heteroatoms. The number of rotatable bonds is 3. The largest absolute Gasteiger partial charge is 0.524 e. The van der Waals surface area contributed by atoms with Crippen LogP contribution < -0.4 is 4.52 Å². The second-order valence-corrected chi connectivity index (χ2v) is 3.86. The molecule has 0 aliphatic rings. The van der Waals surface area contributed by atoms with Gasteiger partial charge in [-0.3, -0.25) is 9.79 Å². The zero-order valence-corrected chi connectivity index (χ0v) is 8.44. The van der Waals surface area contributed by atoms with Crippen LogP contribution in [0, 0.1) is 0 Å². The maximum Gasteiger partial charge on any atom is 0.524 e. The van der Waals surface area contributed by atoms with Crippen LogP contribution in [0.25, 0.3) is 0 Å². The lowest BCUT2D eigenvalue weighted by molar-refractivity contribution is 0.277. The molecular formula is C8H11O5P. The van der Waals surface area contributed by atoms with E-state index in [1.807, 2.05) is 6.92 Å². The van der Waals surface area contributed by atoms with Gasteiger partial charge in [-0.05, 0) is 18.1 Å². The summed E-state index contributed by atoms with van der Waals surface area (Å²) in [6.07, 6.45) is 0.560. The number of phosphoric acid groups is 1. The molecule has 0 aromatic heterocycles. The van der Waals surface area contributed by atoms with Gasteiger partial charge in [0.25, 0.3) is 0 Å². The van der Waals surface area contributed by atoms with Crippen molar-refractivity contribution in [1.29, 1.82) is 0 Å². The number of phenolic OH excluding ortho intramolecular Hbond substituents is 1. The number of phenols is 1. The lowest BCUT2D eigenvalue weighted by atomic mass is 10.1. The Morgan fingerprint density at radius 1 is 1.43 bits per heavy atom. The van der Waals surface area contributed by atoms with Gasteiger partial charge in [0.2, 0.25) is 0 Å². The Bertz CT molecular complexity index is 370. The van der Waals surface area contributed by atoms with Crippen molar-refractivity contribution in [2.45, 2.75) is 13.3 Å². The molecule has 3 N–H and O–H groups in total. The van der Waals surface area contributed by atoms with Gasteiger partial charge in [0.15, 0.2) is 11.5 Å². The van der Waals surface area contributed by atoms with E-state index in [1.54, 1.807) is 12.1 Å². The van der Waals surface area contributed by atoms with Gasteiger partial charge in [-0.1, -0.05) is 19.1 Å². The molecule has 0 bridgehead atoms. The second-order valence-electron chi connectivity index (χ2n) is 2.70. The number of aryl methyl sites for hydroxylation is 1. The molecule has 5 nitrogen and oxygen atoms in total. The molecule has 0 radical (unpaired) electrons.